The van der Waals surface area contributed by atoms with Gasteiger partial charge in [0, 0.05) is 63.0 Å². The Hall–Kier alpha value is -2.67. The SMILES string of the molecule is CO[C@]1(CN2CCN3CCCC[C@@H]3C2)/C=C/C[C@H](C)[C@@H](CCN(C)C)S(=O)(=O)NC(=O)c2ccc3c(c2)N(CCCCc2cc(Cl)ccc2CO3)C[C@@H]2CC[C@H]21. The molecule has 4 aliphatic heterocycles. The van der Waals surface area contributed by atoms with Crippen LogP contribution in [0, 0.1) is 17.8 Å². The summed E-state index contributed by atoms with van der Waals surface area (Å²) in [5.41, 5.74) is 2.92. The van der Waals surface area contributed by atoms with Gasteiger partial charge in [-0.3, -0.25) is 14.6 Å². The zero-order valence-electron chi connectivity index (χ0n) is 34.1. The van der Waals surface area contributed by atoms with Crippen LogP contribution in [0.1, 0.15) is 86.2 Å². The highest BCUT2D eigenvalue weighted by Crippen LogP contribution is 2.47. The molecule has 308 valence electrons. The van der Waals surface area contributed by atoms with Crippen molar-refractivity contribution in [3.05, 3.63) is 70.3 Å². The first-order chi connectivity index (χ1) is 26.9. The third-order valence-corrected chi connectivity index (χ3v) is 15.7. The van der Waals surface area contributed by atoms with Crippen LogP contribution in [0.5, 0.6) is 5.75 Å². The number of anilines is 1. The maximum Gasteiger partial charge on any atom is 0.264 e. The van der Waals surface area contributed by atoms with Crippen molar-refractivity contribution in [3.63, 3.8) is 0 Å². The Balaban J connectivity index is 1.27. The van der Waals surface area contributed by atoms with E-state index >= 15 is 0 Å². The minimum atomic E-state index is -4.03. The van der Waals surface area contributed by atoms with E-state index < -0.39 is 26.8 Å². The lowest BCUT2D eigenvalue weighted by Crippen LogP contribution is -2.61. The van der Waals surface area contributed by atoms with Crippen LogP contribution in [0.4, 0.5) is 5.69 Å². The maximum atomic E-state index is 14.2. The summed E-state index contributed by atoms with van der Waals surface area (Å²) in [7, 11) is 1.75. The summed E-state index contributed by atoms with van der Waals surface area (Å²) in [4.78, 5) is 23.7. The van der Waals surface area contributed by atoms with Crippen molar-refractivity contribution in [2.24, 2.45) is 17.8 Å². The third kappa shape index (κ3) is 9.45. The van der Waals surface area contributed by atoms with Crippen LogP contribution in [0.2, 0.25) is 5.02 Å². The topological polar surface area (TPSA) is 94.7 Å². The molecule has 2 bridgehead atoms. The van der Waals surface area contributed by atoms with E-state index in [4.69, 9.17) is 21.1 Å². The summed E-state index contributed by atoms with van der Waals surface area (Å²) < 4.78 is 44.3. The molecule has 0 aromatic heterocycles. The fourth-order valence-corrected chi connectivity index (χ4v) is 12.0. The van der Waals surface area contributed by atoms with E-state index in [-0.39, 0.29) is 11.8 Å². The van der Waals surface area contributed by atoms with E-state index in [2.05, 4.69) is 37.6 Å². The number of nitrogens with zero attached hydrogens (tertiary/aromatic N) is 4. The molecule has 0 radical (unpaired) electrons. The Kier molecular flexibility index (Phi) is 13.4. The predicted octanol–water partition coefficient (Wildman–Crippen LogP) is 6.62. The minimum absolute atomic E-state index is 0.226. The van der Waals surface area contributed by atoms with Gasteiger partial charge < -0.3 is 19.3 Å². The Morgan fingerprint density at radius 3 is 2.61 bits per heavy atom. The molecule has 56 heavy (non-hydrogen) atoms. The van der Waals surface area contributed by atoms with Gasteiger partial charge >= 0.3 is 0 Å². The number of carbonyl (C=O) groups excluding carboxylic acids is 1. The van der Waals surface area contributed by atoms with Gasteiger partial charge in [-0.2, -0.15) is 0 Å². The number of nitrogens with one attached hydrogen (secondary N) is 1. The van der Waals surface area contributed by atoms with Crippen molar-refractivity contribution in [3.8, 4) is 5.75 Å². The van der Waals surface area contributed by atoms with Gasteiger partial charge in [-0.1, -0.05) is 43.2 Å². The number of hydrogen-bond donors (Lipinski definition) is 1. The molecule has 0 spiro atoms. The molecule has 2 aromatic rings. The number of amides is 1. The number of aryl methyl sites for hydroxylation is 1. The van der Waals surface area contributed by atoms with Gasteiger partial charge in [0.05, 0.1) is 10.9 Å². The maximum absolute atomic E-state index is 14.2. The Morgan fingerprint density at radius 2 is 1.82 bits per heavy atom. The number of benzene rings is 2. The van der Waals surface area contributed by atoms with Gasteiger partial charge in [-0.05, 0) is 144 Å². The van der Waals surface area contributed by atoms with Crippen LogP contribution in [0.25, 0.3) is 0 Å². The number of ether oxygens (including phenoxy) is 2. The van der Waals surface area contributed by atoms with Gasteiger partial charge in [-0.15, -0.1) is 0 Å². The average Bonchev–Trinajstić information content (AvgIpc) is 3.18. The van der Waals surface area contributed by atoms with Crippen molar-refractivity contribution in [2.45, 2.75) is 94.6 Å². The second kappa shape index (κ2) is 18.1. The van der Waals surface area contributed by atoms with Crippen molar-refractivity contribution >= 4 is 33.2 Å². The first-order valence-electron chi connectivity index (χ1n) is 21.1. The van der Waals surface area contributed by atoms with E-state index in [1.165, 1.54) is 31.4 Å². The van der Waals surface area contributed by atoms with Crippen molar-refractivity contribution in [1.29, 1.82) is 0 Å². The molecule has 10 nitrogen and oxygen atoms in total. The molecular formula is C44H64ClN5O5S. The largest absolute Gasteiger partial charge is 0.487 e. The van der Waals surface area contributed by atoms with Crippen molar-refractivity contribution < 1.29 is 22.7 Å². The van der Waals surface area contributed by atoms with Crippen LogP contribution in [-0.4, -0.2) is 119 Å². The third-order valence-electron chi connectivity index (χ3n) is 13.5. The molecule has 5 aliphatic rings. The molecule has 1 amide bonds. The molecule has 4 heterocycles. The highest BCUT2D eigenvalue weighted by molar-refractivity contribution is 7.90. The van der Waals surface area contributed by atoms with Gasteiger partial charge in [0.15, 0.2) is 0 Å². The Labute approximate surface area is 340 Å². The Bertz CT molecular complexity index is 1820. The van der Waals surface area contributed by atoms with Crippen LogP contribution in [0.15, 0.2) is 48.6 Å². The van der Waals surface area contributed by atoms with E-state index in [1.807, 2.05) is 57.3 Å². The number of fused-ring (bicyclic) bond motifs is 4. The number of rotatable bonds is 6. The van der Waals surface area contributed by atoms with Crippen LogP contribution >= 0.6 is 11.6 Å². The number of allylic oxidation sites excluding steroid dienone is 1. The summed E-state index contributed by atoms with van der Waals surface area (Å²) >= 11 is 6.44. The number of hydrogen-bond acceptors (Lipinski definition) is 9. The van der Waals surface area contributed by atoms with Gasteiger partial charge in [0.1, 0.15) is 18.0 Å². The van der Waals surface area contributed by atoms with Crippen LogP contribution < -0.4 is 14.4 Å². The number of halogens is 1. The predicted molar refractivity (Wildman–Crippen MR) is 225 cm³/mol. The summed E-state index contributed by atoms with van der Waals surface area (Å²) in [6, 6.07) is 12.0. The fourth-order valence-electron chi connectivity index (χ4n) is 10.1. The molecule has 12 heteroatoms. The average molecular weight is 811 g/mol. The zero-order valence-corrected chi connectivity index (χ0v) is 35.6. The smallest absolute Gasteiger partial charge is 0.264 e. The van der Waals surface area contributed by atoms with E-state index in [1.54, 1.807) is 6.07 Å². The molecule has 1 N–H and O–H groups in total. The molecule has 3 fully saturated rings. The number of carbonyl (C=O) groups is 1. The van der Waals surface area contributed by atoms with Crippen LogP contribution in [-0.2, 0) is 27.8 Å². The summed E-state index contributed by atoms with van der Waals surface area (Å²) in [6.07, 6.45) is 14.3. The fraction of sp³-hybridized carbons (Fsp3) is 0.659. The minimum Gasteiger partial charge on any atom is -0.487 e. The lowest BCUT2D eigenvalue weighted by molar-refractivity contribution is -0.1000. The number of piperazine rings is 1. The lowest BCUT2D eigenvalue weighted by Gasteiger charge is -2.53. The standard InChI is InChI=1S/C44H64ClN5O5S/c1-32-10-9-20-44(54-4,31-48-24-25-49-21-8-6-12-38(49)29-48)39-17-14-35(39)28-50-22-7-5-11-33-26-37(45)16-13-36(33)30-55-41-18-15-34(27-40(41)50)43(51)46-56(52,53)42(32)19-23-47(2)3/h9,13,15-16,18,20,26-27,32,35,38-39,42H,5-8,10-12,14,17,19,21-25,28-31H2,1-4H3,(H,46,51)/b20-9+/t32-,35-,38+,39+,42+,44-/m0/s1. The molecule has 1 saturated carbocycles. The first kappa shape index (κ1) is 41.5. The summed E-state index contributed by atoms with van der Waals surface area (Å²) in [5, 5.41) is -0.0335. The second-order valence-corrected chi connectivity index (χ2v) is 19.9. The molecule has 2 saturated heterocycles. The van der Waals surface area contributed by atoms with Gasteiger partial charge in [0.2, 0.25) is 10.0 Å². The normalized spacial score (nSPS) is 31.1. The summed E-state index contributed by atoms with van der Waals surface area (Å²) in [5.74, 6) is 0.497. The zero-order chi connectivity index (χ0) is 39.5. The number of piperidine rings is 1. The lowest BCUT2D eigenvalue weighted by atomic mass is 9.63. The number of sulfonamides is 1. The Morgan fingerprint density at radius 1 is 0.982 bits per heavy atom. The first-order valence-corrected chi connectivity index (χ1v) is 23.1. The van der Waals surface area contributed by atoms with Crippen molar-refractivity contribution in [2.75, 3.05) is 78.5 Å². The molecule has 1 aliphatic carbocycles. The molecule has 0 unspecified atom stereocenters. The van der Waals surface area contributed by atoms with E-state index in [0.717, 1.165) is 87.6 Å². The van der Waals surface area contributed by atoms with E-state index in [9.17, 15) is 13.2 Å². The number of methoxy groups -OCH3 is 1. The van der Waals surface area contributed by atoms with Crippen LogP contribution in [0.3, 0.4) is 0 Å². The highest BCUT2D eigenvalue weighted by atomic mass is 35.5. The quantitative estimate of drug-likeness (QED) is 0.324. The van der Waals surface area contributed by atoms with E-state index in [0.29, 0.717) is 49.3 Å². The molecule has 7 rings (SSSR count). The summed E-state index contributed by atoms with van der Waals surface area (Å²) in [6.45, 7) is 9.75. The highest BCUT2D eigenvalue weighted by Gasteiger charge is 2.49. The van der Waals surface area contributed by atoms with Gasteiger partial charge in [0.25, 0.3) is 5.91 Å². The molecular weight excluding hydrogens is 746 g/mol. The molecule has 2 aromatic carbocycles. The molecule has 6 atom stereocenters. The monoisotopic (exact) mass is 809 g/mol. The van der Waals surface area contributed by atoms with Crippen molar-refractivity contribution in [1.82, 2.24) is 19.4 Å². The van der Waals surface area contributed by atoms with Gasteiger partial charge in [-0.25, -0.2) is 13.1 Å². The second-order valence-electron chi connectivity index (χ2n) is 17.5.